The van der Waals surface area contributed by atoms with E-state index in [-0.39, 0.29) is 18.3 Å². The highest BCUT2D eigenvalue weighted by atomic mass is 35.5. The lowest BCUT2D eigenvalue weighted by atomic mass is 10.4. The molecule has 0 bridgehead atoms. The van der Waals surface area contributed by atoms with Gasteiger partial charge in [-0.2, -0.15) is 9.78 Å². The fraction of sp³-hybridized carbons (Fsp3) is 0.222. The summed E-state index contributed by atoms with van der Waals surface area (Å²) in [4.78, 5) is 21.7. The Morgan fingerprint density at radius 3 is 2.83 bits per heavy atom. The summed E-state index contributed by atoms with van der Waals surface area (Å²) in [6.07, 6.45) is 2.69. The molecule has 0 fully saturated rings. The smallest absolute Gasteiger partial charge is 0.358 e. The lowest BCUT2D eigenvalue weighted by molar-refractivity contribution is -0.389. The standard InChI is InChI=1S/C9H8ClN5O3/c1-6-2-8(15(17)18)12-13(6)5-9(16)14-4-7(10)3-11-14/h2-4H,5H2,1H3. The van der Waals surface area contributed by atoms with Crippen LogP contribution in [-0.4, -0.2) is 30.4 Å². The van der Waals surface area contributed by atoms with Crippen LogP contribution >= 0.6 is 11.6 Å². The molecule has 0 aliphatic heterocycles. The molecule has 0 saturated heterocycles. The first-order valence-electron chi connectivity index (χ1n) is 4.89. The van der Waals surface area contributed by atoms with E-state index in [2.05, 4.69) is 10.2 Å². The van der Waals surface area contributed by atoms with E-state index >= 15 is 0 Å². The molecular weight excluding hydrogens is 262 g/mol. The van der Waals surface area contributed by atoms with E-state index in [1.165, 1.54) is 23.1 Å². The fourth-order valence-electron chi connectivity index (χ4n) is 1.38. The first-order valence-corrected chi connectivity index (χ1v) is 5.27. The third-order valence-electron chi connectivity index (χ3n) is 2.25. The van der Waals surface area contributed by atoms with Crippen LogP contribution < -0.4 is 0 Å². The predicted molar refractivity (Wildman–Crippen MR) is 61.5 cm³/mol. The van der Waals surface area contributed by atoms with E-state index in [4.69, 9.17) is 11.6 Å². The summed E-state index contributed by atoms with van der Waals surface area (Å²) >= 11 is 5.64. The molecule has 2 aromatic heterocycles. The van der Waals surface area contributed by atoms with E-state index in [1.807, 2.05) is 0 Å². The van der Waals surface area contributed by atoms with Crippen molar-refractivity contribution in [2.24, 2.45) is 0 Å². The molecule has 94 valence electrons. The molecule has 0 amide bonds. The zero-order valence-corrected chi connectivity index (χ0v) is 10.0. The number of halogens is 1. The van der Waals surface area contributed by atoms with Crippen LogP contribution in [0, 0.1) is 17.0 Å². The topological polar surface area (TPSA) is 95.9 Å². The Hall–Kier alpha value is -2.22. The minimum Gasteiger partial charge on any atom is -0.358 e. The Balaban J connectivity index is 2.19. The van der Waals surface area contributed by atoms with Crippen molar-refractivity contribution in [1.29, 1.82) is 0 Å². The largest absolute Gasteiger partial charge is 0.390 e. The quantitative estimate of drug-likeness (QED) is 0.618. The number of hydrogen-bond acceptors (Lipinski definition) is 5. The van der Waals surface area contributed by atoms with Crippen LogP contribution in [0.3, 0.4) is 0 Å². The van der Waals surface area contributed by atoms with Crippen molar-refractivity contribution >= 4 is 23.3 Å². The summed E-state index contributed by atoms with van der Waals surface area (Å²) in [5.41, 5.74) is 0.522. The Kier molecular flexibility index (Phi) is 3.11. The van der Waals surface area contributed by atoms with Crippen LogP contribution in [0.5, 0.6) is 0 Å². The normalized spacial score (nSPS) is 10.6. The molecule has 0 radical (unpaired) electrons. The first kappa shape index (κ1) is 12.2. The highest BCUT2D eigenvalue weighted by molar-refractivity contribution is 6.30. The van der Waals surface area contributed by atoms with Crippen LogP contribution in [0.25, 0.3) is 0 Å². The summed E-state index contributed by atoms with van der Waals surface area (Å²) in [6.45, 7) is 1.49. The number of aromatic nitrogens is 4. The Bertz CT molecular complexity index is 618. The zero-order valence-electron chi connectivity index (χ0n) is 9.28. The number of hydrogen-bond donors (Lipinski definition) is 0. The zero-order chi connectivity index (χ0) is 13.3. The highest BCUT2D eigenvalue weighted by Gasteiger charge is 2.18. The van der Waals surface area contributed by atoms with Crippen molar-refractivity contribution in [3.8, 4) is 0 Å². The van der Waals surface area contributed by atoms with Crippen molar-refractivity contribution in [3.05, 3.63) is 39.3 Å². The molecule has 2 heterocycles. The predicted octanol–water partition coefficient (Wildman–Crippen LogP) is 1.29. The summed E-state index contributed by atoms with van der Waals surface area (Å²) in [5, 5.41) is 18.3. The first-order chi connectivity index (χ1) is 8.47. The molecule has 8 nitrogen and oxygen atoms in total. The molecular formula is C9H8ClN5O3. The highest BCUT2D eigenvalue weighted by Crippen LogP contribution is 2.11. The summed E-state index contributed by atoms with van der Waals surface area (Å²) < 4.78 is 2.31. The molecule has 9 heteroatoms. The molecule has 0 atom stereocenters. The average Bonchev–Trinajstić information content (AvgIpc) is 2.86. The molecule has 0 spiro atoms. The molecule has 2 rings (SSSR count). The van der Waals surface area contributed by atoms with Gasteiger partial charge in [-0.1, -0.05) is 11.6 Å². The summed E-state index contributed by atoms with van der Waals surface area (Å²) in [6, 6.07) is 1.29. The molecule has 0 saturated carbocycles. The number of rotatable bonds is 3. The number of nitrogens with zero attached hydrogens (tertiary/aromatic N) is 5. The minimum atomic E-state index is -0.612. The second kappa shape index (κ2) is 4.57. The van der Waals surface area contributed by atoms with Crippen LogP contribution in [0.1, 0.15) is 10.5 Å². The third kappa shape index (κ3) is 2.38. The summed E-state index contributed by atoms with van der Waals surface area (Å²) in [5.74, 6) is -0.679. The van der Waals surface area contributed by atoms with Gasteiger partial charge in [0.25, 0.3) is 5.91 Å². The van der Waals surface area contributed by atoms with Crippen LogP contribution in [0.2, 0.25) is 5.02 Å². The molecule has 0 aliphatic carbocycles. The number of carbonyl (C=O) groups excluding carboxylic acids is 1. The number of aryl methyl sites for hydroxylation is 1. The monoisotopic (exact) mass is 269 g/mol. The van der Waals surface area contributed by atoms with Crippen molar-refractivity contribution in [2.45, 2.75) is 13.5 Å². The lowest BCUT2D eigenvalue weighted by Crippen LogP contribution is -2.19. The molecule has 0 unspecified atom stereocenters. The Labute approximate surface area is 106 Å². The van der Waals surface area contributed by atoms with E-state index in [0.29, 0.717) is 10.7 Å². The number of nitro groups is 1. The average molecular weight is 270 g/mol. The van der Waals surface area contributed by atoms with Crippen LogP contribution in [0.4, 0.5) is 5.82 Å². The van der Waals surface area contributed by atoms with Gasteiger partial charge in [0.1, 0.15) is 6.54 Å². The minimum absolute atomic E-state index is 0.141. The molecule has 0 aliphatic rings. The maximum atomic E-state index is 11.8. The van der Waals surface area contributed by atoms with Crippen molar-refractivity contribution in [1.82, 2.24) is 19.6 Å². The van der Waals surface area contributed by atoms with Gasteiger partial charge in [0, 0.05) is 0 Å². The van der Waals surface area contributed by atoms with Gasteiger partial charge in [0.2, 0.25) is 0 Å². The van der Waals surface area contributed by atoms with Gasteiger partial charge in [0.15, 0.2) is 0 Å². The van der Waals surface area contributed by atoms with E-state index in [0.717, 1.165) is 4.68 Å². The van der Waals surface area contributed by atoms with Gasteiger partial charge >= 0.3 is 5.82 Å². The maximum Gasteiger partial charge on any atom is 0.390 e. The van der Waals surface area contributed by atoms with Gasteiger partial charge in [-0.3, -0.25) is 4.79 Å². The van der Waals surface area contributed by atoms with Gasteiger partial charge in [0.05, 0.1) is 34.3 Å². The SMILES string of the molecule is Cc1cc([N+](=O)[O-])nn1CC(=O)n1cc(Cl)cn1. The molecule has 2 aromatic rings. The second-order valence-corrected chi connectivity index (χ2v) is 3.99. The van der Waals surface area contributed by atoms with Crippen molar-refractivity contribution in [2.75, 3.05) is 0 Å². The molecule has 18 heavy (non-hydrogen) atoms. The number of carbonyl (C=O) groups is 1. The van der Waals surface area contributed by atoms with E-state index < -0.39 is 4.92 Å². The van der Waals surface area contributed by atoms with Crippen LogP contribution in [0.15, 0.2) is 18.5 Å². The maximum absolute atomic E-state index is 11.8. The lowest BCUT2D eigenvalue weighted by Gasteiger charge is -1.99. The molecule has 0 aromatic carbocycles. The summed E-state index contributed by atoms with van der Waals surface area (Å²) in [7, 11) is 0. The fourth-order valence-corrected chi connectivity index (χ4v) is 1.52. The van der Waals surface area contributed by atoms with Crippen molar-refractivity contribution in [3.63, 3.8) is 0 Å². The van der Waals surface area contributed by atoms with Gasteiger partial charge in [-0.25, -0.2) is 4.68 Å². The van der Waals surface area contributed by atoms with Gasteiger partial charge in [-0.05, 0) is 11.8 Å². The second-order valence-electron chi connectivity index (χ2n) is 3.56. The Morgan fingerprint density at radius 1 is 1.61 bits per heavy atom. The third-order valence-corrected chi connectivity index (χ3v) is 2.44. The Morgan fingerprint density at radius 2 is 2.33 bits per heavy atom. The van der Waals surface area contributed by atoms with Gasteiger partial charge < -0.3 is 10.1 Å². The van der Waals surface area contributed by atoms with E-state index in [1.54, 1.807) is 6.92 Å². The van der Waals surface area contributed by atoms with Crippen molar-refractivity contribution < 1.29 is 9.72 Å². The van der Waals surface area contributed by atoms with E-state index in [9.17, 15) is 14.9 Å². The van der Waals surface area contributed by atoms with Crippen LogP contribution in [-0.2, 0) is 6.54 Å². The van der Waals surface area contributed by atoms with Gasteiger partial charge in [-0.15, -0.1) is 0 Å². The molecule has 0 N–H and O–H groups in total.